The number of unbranched alkanes of at least 4 members (excludes halogenated alkanes) is 2. The van der Waals surface area contributed by atoms with Crippen molar-refractivity contribution in [1.29, 1.82) is 0 Å². The van der Waals surface area contributed by atoms with Crippen molar-refractivity contribution < 1.29 is 0 Å². The van der Waals surface area contributed by atoms with Crippen LogP contribution in [-0.4, -0.2) is 45.0 Å². The minimum absolute atomic E-state index is 0.709. The molecule has 1 N–H and O–H groups in total. The first-order valence-electron chi connectivity index (χ1n) is 13.9. The van der Waals surface area contributed by atoms with E-state index in [1.165, 1.54) is 23.1 Å². The second-order valence-corrected chi connectivity index (χ2v) is 11.2. The van der Waals surface area contributed by atoms with Gasteiger partial charge in [-0.25, -0.2) is 9.97 Å². The number of nitrogens with zero attached hydrogens (tertiary/aromatic N) is 4. The van der Waals surface area contributed by atoms with E-state index in [0.29, 0.717) is 5.02 Å². The number of hydrogen-bond acceptors (Lipinski definition) is 5. The lowest BCUT2D eigenvalue weighted by atomic mass is 10.2. The van der Waals surface area contributed by atoms with Crippen LogP contribution in [0.15, 0.2) is 77.7 Å². The number of para-hydroxylation sites is 1. The van der Waals surface area contributed by atoms with Crippen LogP contribution in [0.2, 0.25) is 5.02 Å². The molecule has 0 radical (unpaired) electrons. The highest BCUT2D eigenvalue weighted by molar-refractivity contribution is 7.98. The van der Waals surface area contributed by atoms with Crippen molar-refractivity contribution >= 4 is 51.3 Å². The Morgan fingerprint density at radius 1 is 0.872 bits per heavy atom. The molecule has 0 aliphatic rings. The first-order chi connectivity index (χ1) is 19.1. The summed E-state index contributed by atoms with van der Waals surface area (Å²) in [7, 11) is 0. The van der Waals surface area contributed by atoms with Crippen molar-refractivity contribution in [1.82, 2.24) is 18.8 Å². The number of benzene rings is 3. The highest BCUT2D eigenvalue weighted by atomic mass is 35.5. The van der Waals surface area contributed by atoms with Crippen LogP contribution in [0.1, 0.15) is 38.7 Å². The van der Waals surface area contributed by atoms with Gasteiger partial charge in [0.1, 0.15) is 5.69 Å². The molecule has 0 saturated heterocycles. The van der Waals surface area contributed by atoms with Gasteiger partial charge in [0, 0.05) is 21.8 Å². The summed E-state index contributed by atoms with van der Waals surface area (Å²) in [6, 6.07) is 25.1. The monoisotopic (exact) mass is 557 g/mol. The van der Waals surface area contributed by atoms with Gasteiger partial charge in [-0.1, -0.05) is 68.3 Å². The number of fused-ring (bicyclic) bond motifs is 2. The molecule has 0 bridgehead atoms. The summed E-state index contributed by atoms with van der Waals surface area (Å²) in [4.78, 5) is 13.9. The zero-order valence-electron chi connectivity index (χ0n) is 23.0. The topological polar surface area (TPSA) is 46.0 Å². The molecule has 0 aliphatic carbocycles. The molecule has 39 heavy (non-hydrogen) atoms. The Morgan fingerprint density at radius 2 is 1.62 bits per heavy atom. The third-order valence-electron chi connectivity index (χ3n) is 7.13. The normalized spacial score (nSPS) is 11.6. The van der Waals surface area contributed by atoms with Gasteiger partial charge in [-0.05, 0) is 93.3 Å². The van der Waals surface area contributed by atoms with Gasteiger partial charge in [0.05, 0.1) is 22.2 Å². The first-order valence-corrected chi connectivity index (χ1v) is 15.0. The van der Waals surface area contributed by atoms with Gasteiger partial charge in [0.15, 0.2) is 5.82 Å². The smallest absolute Gasteiger partial charge is 0.154 e. The van der Waals surface area contributed by atoms with Crippen LogP contribution in [0, 0.1) is 6.92 Å². The van der Waals surface area contributed by atoms with Crippen molar-refractivity contribution in [3.05, 3.63) is 83.4 Å². The summed E-state index contributed by atoms with van der Waals surface area (Å²) in [6.07, 6.45) is 3.46. The van der Waals surface area contributed by atoms with Crippen LogP contribution in [-0.2, 0) is 0 Å². The minimum atomic E-state index is 0.709. The Labute approximate surface area is 240 Å². The quantitative estimate of drug-likeness (QED) is 0.155. The van der Waals surface area contributed by atoms with Crippen LogP contribution in [0.4, 0.5) is 5.82 Å². The Bertz CT molecular complexity index is 1550. The highest BCUT2D eigenvalue weighted by Crippen LogP contribution is 2.38. The molecule has 2 heterocycles. The summed E-state index contributed by atoms with van der Waals surface area (Å²) < 4.78 is 2.28. The van der Waals surface area contributed by atoms with Gasteiger partial charge in [-0.2, -0.15) is 0 Å². The average molecular weight is 558 g/mol. The SMILES string of the molecule is CCN(CC)CCCCCNc1nc2cc(Cl)c(C)cc2nc1-c1cc2ccccc2n1Sc1ccccc1. The van der Waals surface area contributed by atoms with Crippen LogP contribution in [0.25, 0.3) is 33.3 Å². The van der Waals surface area contributed by atoms with Crippen molar-refractivity contribution in [2.24, 2.45) is 0 Å². The molecule has 2 aromatic heterocycles. The first kappa shape index (κ1) is 27.5. The molecule has 0 amide bonds. The molecule has 0 unspecified atom stereocenters. The zero-order chi connectivity index (χ0) is 27.2. The zero-order valence-corrected chi connectivity index (χ0v) is 24.5. The van der Waals surface area contributed by atoms with E-state index in [0.717, 1.165) is 71.9 Å². The van der Waals surface area contributed by atoms with Crippen molar-refractivity contribution in [2.75, 3.05) is 31.5 Å². The predicted molar refractivity (Wildman–Crippen MR) is 168 cm³/mol. The van der Waals surface area contributed by atoms with E-state index in [2.05, 4.69) is 82.6 Å². The molecule has 0 spiro atoms. The molecular formula is C32H36ClN5S. The fourth-order valence-corrected chi connectivity index (χ4v) is 6.00. The molecule has 202 valence electrons. The summed E-state index contributed by atoms with van der Waals surface area (Å²) in [5, 5.41) is 5.52. The van der Waals surface area contributed by atoms with Gasteiger partial charge < -0.3 is 10.2 Å². The third-order valence-corrected chi connectivity index (χ3v) is 8.60. The number of nitrogens with one attached hydrogen (secondary N) is 1. The number of aromatic nitrogens is 3. The highest BCUT2D eigenvalue weighted by Gasteiger charge is 2.19. The van der Waals surface area contributed by atoms with E-state index in [4.69, 9.17) is 21.6 Å². The van der Waals surface area contributed by atoms with E-state index >= 15 is 0 Å². The Hall–Kier alpha value is -3.06. The summed E-state index contributed by atoms with van der Waals surface area (Å²) in [5.41, 5.74) is 5.67. The molecule has 5 nitrogen and oxygen atoms in total. The largest absolute Gasteiger partial charge is 0.368 e. The molecule has 0 saturated carbocycles. The van der Waals surface area contributed by atoms with E-state index < -0.39 is 0 Å². The lowest BCUT2D eigenvalue weighted by molar-refractivity contribution is 0.296. The summed E-state index contributed by atoms with van der Waals surface area (Å²) in [6.45, 7) is 10.7. The number of halogens is 1. The molecule has 0 fully saturated rings. The van der Waals surface area contributed by atoms with E-state index in [9.17, 15) is 0 Å². The van der Waals surface area contributed by atoms with E-state index in [-0.39, 0.29) is 0 Å². The van der Waals surface area contributed by atoms with Gasteiger partial charge in [-0.15, -0.1) is 0 Å². The fraction of sp³-hybridized carbons (Fsp3) is 0.312. The Balaban J connectivity index is 1.51. The lowest BCUT2D eigenvalue weighted by Crippen LogP contribution is -2.24. The van der Waals surface area contributed by atoms with Crippen molar-refractivity contribution in [2.45, 2.75) is 44.9 Å². The van der Waals surface area contributed by atoms with Crippen molar-refractivity contribution in [3.63, 3.8) is 0 Å². The number of aryl methyl sites for hydroxylation is 1. The molecule has 3 aromatic carbocycles. The Kier molecular flexibility index (Phi) is 9.07. The lowest BCUT2D eigenvalue weighted by Gasteiger charge is -2.17. The second kappa shape index (κ2) is 12.9. The fourth-order valence-electron chi connectivity index (χ4n) is 4.85. The van der Waals surface area contributed by atoms with Gasteiger partial charge in [0.25, 0.3) is 0 Å². The molecule has 5 rings (SSSR count). The summed E-state index contributed by atoms with van der Waals surface area (Å²) in [5.74, 6) is 0.795. The van der Waals surface area contributed by atoms with Gasteiger partial charge in [-0.3, -0.25) is 3.97 Å². The van der Waals surface area contributed by atoms with Crippen LogP contribution >= 0.6 is 23.5 Å². The summed E-state index contributed by atoms with van der Waals surface area (Å²) >= 11 is 8.18. The number of anilines is 1. The number of hydrogen-bond donors (Lipinski definition) is 1. The maximum absolute atomic E-state index is 6.48. The van der Waals surface area contributed by atoms with Crippen LogP contribution < -0.4 is 5.32 Å². The minimum Gasteiger partial charge on any atom is -0.368 e. The standard InChI is InChI=1S/C32H36ClN5S/c1-4-37(5-2)19-13-7-12-18-34-32-31(35-27-20-23(3)26(33)22-28(27)36-32)30-21-24-14-10-11-17-29(24)38(30)39-25-15-8-6-9-16-25/h6,8-11,14-17,20-22H,4-5,7,12-13,18-19H2,1-3H3,(H,34,36). The molecular weight excluding hydrogens is 522 g/mol. The maximum Gasteiger partial charge on any atom is 0.154 e. The van der Waals surface area contributed by atoms with E-state index in [1.54, 1.807) is 11.9 Å². The van der Waals surface area contributed by atoms with Crippen molar-refractivity contribution in [3.8, 4) is 11.4 Å². The van der Waals surface area contributed by atoms with Gasteiger partial charge >= 0.3 is 0 Å². The Morgan fingerprint density at radius 3 is 2.41 bits per heavy atom. The maximum atomic E-state index is 6.48. The van der Waals surface area contributed by atoms with E-state index in [1.807, 2.05) is 25.1 Å². The molecule has 0 atom stereocenters. The predicted octanol–water partition coefficient (Wildman–Crippen LogP) is 8.69. The molecule has 0 aliphatic heterocycles. The second-order valence-electron chi connectivity index (χ2n) is 9.81. The third kappa shape index (κ3) is 6.40. The molecule has 7 heteroatoms. The van der Waals surface area contributed by atoms with Crippen LogP contribution in [0.3, 0.4) is 0 Å². The van der Waals surface area contributed by atoms with Gasteiger partial charge in [0.2, 0.25) is 0 Å². The van der Waals surface area contributed by atoms with Crippen LogP contribution in [0.5, 0.6) is 0 Å². The number of rotatable bonds is 12. The average Bonchev–Trinajstić information content (AvgIpc) is 3.31. The molecule has 5 aromatic rings.